The van der Waals surface area contributed by atoms with Crippen molar-refractivity contribution in [3.63, 3.8) is 0 Å². The number of hydrogen-bond acceptors (Lipinski definition) is 4. The molecule has 2 fully saturated rings. The Morgan fingerprint density at radius 2 is 2.10 bits per heavy atom. The predicted molar refractivity (Wildman–Crippen MR) is 116 cm³/mol. The van der Waals surface area contributed by atoms with Crippen LogP contribution in [0.3, 0.4) is 0 Å². The van der Waals surface area contributed by atoms with E-state index in [4.69, 9.17) is 5.10 Å². The molecule has 4 atom stereocenters. The lowest BCUT2D eigenvalue weighted by molar-refractivity contribution is 0.0955. The average molecular weight is 391 g/mol. The largest absolute Gasteiger partial charge is 0.508 e. The zero-order chi connectivity index (χ0) is 20.2. The first-order valence-corrected chi connectivity index (χ1v) is 10.9. The maximum atomic E-state index is 9.86. The van der Waals surface area contributed by atoms with Crippen molar-refractivity contribution in [1.82, 2.24) is 9.78 Å². The van der Waals surface area contributed by atoms with Crippen LogP contribution in [0.2, 0.25) is 0 Å². The van der Waals surface area contributed by atoms with Gasteiger partial charge in [-0.3, -0.25) is 4.68 Å². The number of aryl methyl sites for hydroxylation is 3. The summed E-state index contributed by atoms with van der Waals surface area (Å²) in [5.41, 5.74) is 6.33. The summed E-state index contributed by atoms with van der Waals surface area (Å²) in [7, 11) is 1.93. The smallest absolute Gasteiger partial charge is 0.115 e. The Hall–Kier alpha value is -2.43. The molecule has 152 valence electrons. The summed E-state index contributed by atoms with van der Waals surface area (Å²) in [6.07, 6.45) is 10.8. The molecule has 5 rings (SSSR count). The molecule has 29 heavy (non-hydrogen) atoms. The van der Waals surface area contributed by atoms with E-state index >= 15 is 0 Å². The van der Waals surface area contributed by atoms with Gasteiger partial charge in [0.2, 0.25) is 0 Å². The lowest BCUT2D eigenvalue weighted by Crippen LogP contribution is -2.42. The van der Waals surface area contributed by atoms with Crippen LogP contribution < -0.4 is 0 Å². The first-order chi connectivity index (χ1) is 14.0. The molecular formula is C24H30N4O. The second-order valence-electron chi connectivity index (χ2n) is 9.43. The molecule has 0 saturated heterocycles. The van der Waals surface area contributed by atoms with Crippen LogP contribution >= 0.6 is 0 Å². The molecule has 0 unspecified atom stereocenters. The first kappa shape index (κ1) is 18.6. The van der Waals surface area contributed by atoms with Gasteiger partial charge in [-0.05, 0) is 86.5 Å². The molecule has 3 aliphatic rings. The molecule has 0 amide bonds. The van der Waals surface area contributed by atoms with Gasteiger partial charge in [-0.15, -0.1) is 0 Å². The summed E-state index contributed by atoms with van der Waals surface area (Å²) >= 11 is 0. The normalized spacial score (nSPS) is 32.4. The minimum Gasteiger partial charge on any atom is -0.508 e. The fourth-order valence-corrected chi connectivity index (χ4v) is 6.43. The monoisotopic (exact) mass is 390 g/mol. The Morgan fingerprint density at radius 3 is 2.90 bits per heavy atom. The van der Waals surface area contributed by atoms with Gasteiger partial charge in [0.25, 0.3) is 0 Å². The van der Waals surface area contributed by atoms with Crippen LogP contribution in [0.4, 0.5) is 0 Å². The highest BCUT2D eigenvalue weighted by atomic mass is 16.3. The van der Waals surface area contributed by atoms with Crippen LogP contribution in [0.25, 0.3) is 0 Å². The molecule has 3 aliphatic carbocycles. The summed E-state index contributed by atoms with van der Waals surface area (Å²) in [5, 5.41) is 23.4. The third kappa shape index (κ3) is 3.02. The van der Waals surface area contributed by atoms with E-state index in [-0.39, 0.29) is 5.41 Å². The van der Waals surface area contributed by atoms with Crippen molar-refractivity contribution in [2.45, 2.75) is 58.3 Å². The Labute approximate surface area is 172 Å². The molecule has 0 spiro atoms. The molecule has 2 aromatic rings. The van der Waals surface area contributed by atoms with Crippen LogP contribution in [-0.2, 0) is 13.5 Å². The molecule has 1 aromatic carbocycles. The molecule has 0 bridgehead atoms. The van der Waals surface area contributed by atoms with Gasteiger partial charge in [-0.2, -0.15) is 15.3 Å². The van der Waals surface area contributed by atoms with E-state index in [2.05, 4.69) is 23.2 Å². The van der Waals surface area contributed by atoms with Crippen molar-refractivity contribution in [3.8, 4) is 5.75 Å². The lowest BCUT2D eigenvalue weighted by atomic mass is 9.55. The molecule has 0 aliphatic heterocycles. The van der Waals surface area contributed by atoms with E-state index < -0.39 is 0 Å². The number of aromatic nitrogens is 2. The molecule has 1 heterocycles. The summed E-state index contributed by atoms with van der Waals surface area (Å²) in [6.45, 7) is 4.43. The van der Waals surface area contributed by atoms with E-state index in [0.717, 1.165) is 30.0 Å². The molecule has 5 nitrogen and oxygen atoms in total. The fraction of sp³-hybridized carbons (Fsp3) is 0.542. The van der Waals surface area contributed by atoms with Crippen molar-refractivity contribution in [2.24, 2.45) is 34.5 Å². The highest BCUT2D eigenvalue weighted by Gasteiger charge is 2.53. The summed E-state index contributed by atoms with van der Waals surface area (Å²) in [4.78, 5) is 0. The van der Waals surface area contributed by atoms with Crippen molar-refractivity contribution in [3.05, 3.63) is 46.8 Å². The second-order valence-corrected chi connectivity index (χ2v) is 9.43. The van der Waals surface area contributed by atoms with Crippen molar-refractivity contribution in [1.29, 1.82) is 0 Å². The van der Waals surface area contributed by atoms with Gasteiger partial charge in [-0.25, -0.2) is 0 Å². The van der Waals surface area contributed by atoms with Gasteiger partial charge in [0, 0.05) is 29.9 Å². The Balaban J connectivity index is 1.39. The van der Waals surface area contributed by atoms with Crippen molar-refractivity contribution in [2.75, 3.05) is 0 Å². The molecule has 2 saturated carbocycles. The van der Waals surface area contributed by atoms with Gasteiger partial charge in [0.15, 0.2) is 0 Å². The number of nitrogens with zero attached hydrogens (tertiary/aromatic N) is 4. The van der Waals surface area contributed by atoms with E-state index in [9.17, 15) is 5.11 Å². The lowest BCUT2D eigenvalue weighted by Gasteiger charge is -2.49. The Bertz CT molecular complexity index is 1000. The number of phenolic OH excluding ortho intramolecular Hbond substituents is 1. The number of aromatic hydroxyl groups is 1. The van der Waals surface area contributed by atoms with E-state index in [0.29, 0.717) is 17.6 Å². The third-order valence-corrected chi connectivity index (χ3v) is 7.88. The van der Waals surface area contributed by atoms with Gasteiger partial charge in [0.05, 0.1) is 11.9 Å². The summed E-state index contributed by atoms with van der Waals surface area (Å²) in [6, 6.07) is 6.02. The molecule has 5 heteroatoms. The van der Waals surface area contributed by atoms with Crippen LogP contribution in [0.15, 0.2) is 34.6 Å². The number of rotatable bonds is 2. The number of benzene rings is 1. The minimum atomic E-state index is 0.177. The van der Waals surface area contributed by atoms with Crippen LogP contribution in [0.1, 0.15) is 67.3 Å². The van der Waals surface area contributed by atoms with Crippen molar-refractivity contribution < 1.29 is 5.11 Å². The van der Waals surface area contributed by atoms with E-state index in [1.807, 2.05) is 43.2 Å². The number of phenols is 1. The molecule has 1 N–H and O–H groups in total. The molecule has 1 aromatic heterocycles. The topological polar surface area (TPSA) is 62.8 Å². The predicted octanol–water partition coefficient (Wildman–Crippen LogP) is 4.77. The quantitative estimate of drug-likeness (QED) is 0.593. The average Bonchev–Trinajstić information content (AvgIpc) is 3.19. The zero-order valence-corrected chi connectivity index (χ0v) is 17.6. The highest BCUT2D eigenvalue weighted by Crippen LogP contribution is 2.60. The molecule has 0 radical (unpaired) electrons. The highest BCUT2D eigenvalue weighted by molar-refractivity contribution is 5.93. The minimum absolute atomic E-state index is 0.177. The van der Waals surface area contributed by atoms with Crippen LogP contribution in [0.5, 0.6) is 5.75 Å². The van der Waals surface area contributed by atoms with Gasteiger partial charge in [-0.1, -0.05) is 13.0 Å². The maximum absolute atomic E-state index is 9.86. The fourth-order valence-electron chi connectivity index (χ4n) is 6.43. The summed E-state index contributed by atoms with van der Waals surface area (Å²) < 4.78 is 1.82. The molecular weight excluding hydrogens is 360 g/mol. The third-order valence-electron chi connectivity index (χ3n) is 7.88. The maximum Gasteiger partial charge on any atom is 0.115 e. The van der Waals surface area contributed by atoms with Crippen molar-refractivity contribution >= 4 is 11.9 Å². The van der Waals surface area contributed by atoms with Crippen LogP contribution in [0, 0.1) is 24.2 Å². The van der Waals surface area contributed by atoms with Gasteiger partial charge >= 0.3 is 0 Å². The SMILES string of the molecule is Cc1nn(C)cc1/C=N\N=C1\CC[C@@H]2[C@H]3CCc4cc(O)ccc4[C@@H]3CC[C@]12C. The summed E-state index contributed by atoms with van der Waals surface area (Å²) in [5.74, 6) is 2.46. The van der Waals surface area contributed by atoms with Gasteiger partial charge < -0.3 is 5.11 Å². The van der Waals surface area contributed by atoms with E-state index in [1.165, 1.54) is 42.5 Å². The first-order valence-electron chi connectivity index (χ1n) is 10.9. The standard InChI is InChI=1S/C24H30N4O/c1-15-17(14-28(3)27-15)13-25-26-23-9-8-22-21-6-4-16-12-18(29)5-7-19(16)20(21)10-11-24(22,23)2/h5,7,12-14,20-22,29H,4,6,8-11H2,1-3H3/b25-13-,26-23-/t20-,21-,22+,24-/m0/s1. The zero-order valence-electron chi connectivity index (χ0n) is 17.6. The van der Waals surface area contributed by atoms with E-state index in [1.54, 1.807) is 0 Å². The number of fused-ring (bicyclic) bond motifs is 5. The second kappa shape index (κ2) is 6.82. The van der Waals surface area contributed by atoms with Crippen LogP contribution in [-0.4, -0.2) is 26.8 Å². The van der Waals surface area contributed by atoms with Gasteiger partial charge in [0.1, 0.15) is 5.75 Å². The Morgan fingerprint density at radius 1 is 1.24 bits per heavy atom. The Kier molecular flexibility index (Phi) is 4.37. The number of hydrogen-bond donors (Lipinski definition) is 1.